The number of carbonyl (C=O) groups is 2. The number of rotatable bonds is 5. The summed E-state index contributed by atoms with van der Waals surface area (Å²) in [7, 11) is 1.57. The molecule has 0 N–H and O–H groups in total. The van der Waals surface area contributed by atoms with Crippen LogP contribution in [0.5, 0.6) is 5.75 Å². The van der Waals surface area contributed by atoms with Gasteiger partial charge in [0.15, 0.2) is 0 Å². The monoisotopic (exact) mass is 508 g/mol. The number of halogens is 1. The minimum absolute atomic E-state index is 0.0490. The van der Waals surface area contributed by atoms with E-state index in [0.29, 0.717) is 18.8 Å². The SMILES string of the molecule is COc1cc(F)ccc1N1CCN(CC2CCc3ccccc3N2C(=O)C2CCN(C(C)=O)CC2)CC1. The summed E-state index contributed by atoms with van der Waals surface area (Å²) in [5, 5.41) is 0. The van der Waals surface area contributed by atoms with Crippen LogP contribution in [-0.2, 0) is 16.0 Å². The number of carbonyl (C=O) groups excluding carboxylic acids is 2. The summed E-state index contributed by atoms with van der Waals surface area (Å²) in [5.41, 5.74) is 3.21. The zero-order chi connectivity index (χ0) is 25.9. The number of hydrogen-bond acceptors (Lipinski definition) is 5. The van der Waals surface area contributed by atoms with Crippen LogP contribution < -0.4 is 14.5 Å². The Balaban J connectivity index is 1.27. The van der Waals surface area contributed by atoms with Gasteiger partial charge in [-0.05, 0) is 49.4 Å². The Kier molecular flexibility index (Phi) is 7.65. The van der Waals surface area contributed by atoms with E-state index in [9.17, 15) is 14.0 Å². The van der Waals surface area contributed by atoms with Crippen LogP contribution in [0.15, 0.2) is 42.5 Å². The Bertz CT molecular complexity index is 1130. The number of nitrogens with zero attached hydrogens (tertiary/aromatic N) is 4. The van der Waals surface area contributed by atoms with E-state index in [0.717, 1.165) is 69.8 Å². The zero-order valence-corrected chi connectivity index (χ0v) is 21.9. The third kappa shape index (κ3) is 5.44. The molecule has 0 spiro atoms. The molecule has 0 aromatic heterocycles. The number of piperazine rings is 1. The van der Waals surface area contributed by atoms with Crippen molar-refractivity contribution in [2.24, 2.45) is 5.92 Å². The lowest BCUT2D eigenvalue weighted by Gasteiger charge is -2.44. The molecule has 2 fully saturated rings. The summed E-state index contributed by atoms with van der Waals surface area (Å²) in [6.07, 6.45) is 3.37. The highest BCUT2D eigenvalue weighted by Crippen LogP contribution is 2.35. The van der Waals surface area contributed by atoms with Crippen molar-refractivity contribution < 1.29 is 18.7 Å². The summed E-state index contributed by atoms with van der Waals surface area (Å²) in [6, 6.07) is 13.1. The maximum absolute atomic E-state index is 13.9. The fourth-order valence-electron chi connectivity index (χ4n) is 6.10. The number of hydrogen-bond donors (Lipinski definition) is 0. The smallest absolute Gasteiger partial charge is 0.230 e. The predicted octanol–water partition coefficient (Wildman–Crippen LogP) is 3.56. The molecule has 1 unspecified atom stereocenters. The van der Waals surface area contributed by atoms with E-state index in [1.165, 1.54) is 17.7 Å². The van der Waals surface area contributed by atoms with Crippen LogP contribution in [-0.4, -0.2) is 80.6 Å². The van der Waals surface area contributed by atoms with E-state index >= 15 is 0 Å². The highest BCUT2D eigenvalue weighted by Gasteiger charge is 2.37. The molecule has 3 aliphatic rings. The molecule has 37 heavy (non-hydrogen) atoms. The fraction of sp³-hybridized carbons (Fsp3) is 0.517. The number of anilines is 2. The van der Waals surface area contributed by atoms with Crippen LogP contribution in [0.2, 0.25) is 0 Å². The van der Waals surface area contributed by atoms with Gasteiger partial charge in [-0.1, -0.05) is 18.2 Å². The molecule has 2 amide bonds. The highest BCUT2D eigenvalue weighted by atomic mass is 19.1. The molecule has 8 heteroatoms. The largest absolute Gasteiger partial charge is 0.494 e. The van der Waals surface area contributed by atoms with Crippen LogP contribution in [0, 0.1) is 11.7 Å². The summed E-state index contributed by atoms with van der Waals surface area (Å²) >= 11 is 0. The fourth-order valence-corrected chi connectivity index (χ4v) is 6.10. The normalized spacial score (nSPS) is 21.1. The van der Waals surface area contributed by atoms with Gasteiger partial charge in [0.05, 0.1) is 12.8 Å². The average Bonchev–Trinajstić information content (AvgIpc) is 2.93. The molecular formula is C29H37FN4O3. The summed E-state index contributed by atoms with van der Waals surface area (Å²) < 4.78 is 19.1. The number of methoxy groups -OCH3 is 1. The van der Waals surface area contributed by atoms with Gasteiger partial charge >= 0.3 is 0 Å². The van der Waals surface area contributed by atoms with Gasteiger partial charge in [-0.25, -0.2) is 4.39 Å². The Morgan fingerprint density at radius 3 is 2.38 bits per heavy atom. The van der Waals surface area contributed by atoms with E-state index in [4.69, 9.17) is 4.74 Å². The molecule has 0 aliphatic carbocycles. The summed E-state index contributed by atoms with van der Waals surface area (Å²) in [6.45, 7) is 7.13. The van der Waals surface area contributed by atoms with E-state index in [1.807, 2.05) is 11.0 Å². The molecule has 0 radical (unpaired) electrons. The third-order valence-corrected chi connectivity index (χ3v) is 8.21. The van der Waals surface area contributed by atoms with E-state index in [-0.39, 0.29) is 29.6 Å². The number of amides is 2. The van der Waals surface area contributed by atoms with Crippen molar-refractivity contribution in [1.29, 1.82) is 0 Å². The van der Waals surface area contributed by atoms with Gasteiger partial charge < -0.3 is 19.4 Å². The maximum Gasteiger partial charge on any atom is 0.230 e. The molecule has 3 aliphatic heterocycles. The van der Waals surface area contributed by atoms with Crippen molar-refractivity contribution in [3.05, 3.63) is 53.8 Å². The van der Waals surface area contributed by atoms with Crippen molar-refractivity contribution in [1.82, 2.24) is 9.80 Å². The molecule has 0 bridgehead atoms. The number of likely N-dealkylation sites (tertiary alicyclic amines) is 1. The lowest BCUT2D eigenvalue weighted by atomic mass is 9.90. The first-order valence-corrected chi connectivity index (χ1v) is 13.4. The Morgan fingerprint density at radius 1 is 0.946 bits per heavy atom. The van der Waals surface area contributed by atoms with Crippen LogP contribution >= 0.6 is 0 Å². The van der Waals surface area contributed by atoms with Gasteiger partial charge in [0.1, 0.15) is 11.6 Å². The summed E-state index contributed by atoms with van der Waals surface area (Å²) in [5.74, 6) is 0.505. The second kappa shape index (κ2) is 11.1. The van der Waals surface area contributed by atoms with Crippen LogP contribution in [0.4, 0.5) is 15.8 Å². The molecule has 2 aromatic carbocycles. The highest BCUT2D eigenvalue weighted by molar-refractivity contribution is 5.97. The number of piperidine rings is 1. The lowest BCUT2D eigenvalue weighted by Crippen LogP contribution is -2.55. The first-order valence-electron chi connectivity index (χ1n) is 13.4. The number of para-hydroxylation sites is 1. The van der Waals surface area contributed by atoms with Gasteiger partial charge in [0.2, 0.25) is 11.8 Å². The minimum atomic E-state index is -0.298. The Morgan fingerprint density at radius 2 is 1.68 bits per heavy atom. The second-order valence-electron chi connectivity index (χ2n) is 10.4. The second-order valence-corrected chi connectivity index (χ2v) is 10.4. The van der Waals surface area contributed by atoms with Gasteiger partial charge in [0.25, 0.3) is 0 Å². The van der Waals surface area contributed by atoms with Crippen molar-refractivity contribution >= 4 is 23.2 Å². The quantitative estimate of drug-likeness (QED) is 0.618. The molecule has 5 rings (SSSR count). The van der Waals surface area contributed by atoms with E-state index in [1.54, 1.807) is 20.1 Å². The molecule has 7 nitrogen and oxygen atoms in total. The minimum Gasteiger partial charge on any atom is -0.494 e. The molecule has 3 heterocycles. The van der Waals surface area contributed by atoms with Crippen molar-refractivity contribution in [2.45, 2.75) is 38.6 Å². The Hall–Kier alpha value is -3.13. The first kappa shape index (κ1) is 25.5. The van der Waals surface area contributed by atoms with Crippen LogP contribution in [0.25, 0.3) is 0 Å². The molecule has 2 aromatic rings. The lowest BCUT2D eigenvalue weighted by molar-refractivity contribution is -0.133. The van der Waals surface area contributed by atoms with Crippen LogP contribution in [0.3, 0.4) is 0 Å². The van der Waals surface area contributed by atoms with Gasteiger partial charge in [0, 0.05) is 76.5 Å². The standard InChI is InChI=1S/C29H37FN4O3/c1-21(35)32-13-11-23(12-14-32)29(36)34-25(9-7-22-5-3-4-6-26(22)34)20-31-15-17-33(18-16-31)27-10-8-24(30)19-28(27)37-2/h3-6,8,10,19,23,25H,7,9,11-18,20H2,1-2H3. The zero-order valence-electron chi connectivity index (χ0n) is 21.9. The van der Waals surface area contributed by atoms with Crippen molar-refractivity contribution in [3.63, 3.8) is 0 Å². The Labute approximate surface area is 218 Å². The van der Waals surface area contributed by atoms with Gasteiger partial charge in [-0.3, -0.25) is 14.5 Å². The topological polar surface area (TPSA) is 56.3 Å². The van der Waals surface area contributed by atoms with E-state index < -0.39 is 0 Å². The average molecular weight is 509 g/mol. The molecular weight excluding hydrogens is 471 g/mol. The molecule has 198 valence electrons. The predicted molar refractivity (Wildman–Crippen MR) is 143 cm³/mol. The van der Waals surface area contributed by atoms with Gasteiger partial charge in [-0.15, -0.1) is 0 Å². The third-order valence-electron chi connectivity index (χ3n) is 8.21. The van der Waals surface area contributed by atoms with Crippen LogP contribution in [0.1, 0.15) is 31.7 Å². The van der Waals surface area contributed by atoms with E-state index in [2.05, 4.69) is 32.9 Å². The molecule has 1 atom stereocenters. The number of aryl methyl sites for hydroxylation is 1. The summed E-state index contributed by atoms with van der Waals surface area (Å²) in [4.78, 5) is 34.3. The van der Waals surface area contributed by atoms with Crippen molar-refractivity contribution in [2.75, 3.05) is 62.7 Å². The van der Waals surface area contributed by atoms with Crippen molar-refractivity contribution in [3.8, 4) is 5.75 Å². The molecule has 2 saturated heterocycles. The maximum atomic E-state index is 13.9. The molecule has 0 saturated carbocycles. The van der Waals surface area contributed by atoms with Gasteiger partial charge in [-0.2, -0.15) is 0 Å². The first-order chi connectivity index (χ1) is 17.9. The number of fused-ring (bicyclic) bond motifs is 1. The number of benzene rings is 2. The number of ether oxygens (including phenoxy) is 1.